The van der Waals surface area contributed by atoms with E-state index in [0.717, 1.165) is 0 Å². The molecule has 1 aromatic carbocycles. The monoisotopic (exact) mass is 196 g/mol. The molecule has 0 fully saturated rings. The third kappa shape index (κ3) is 2.97. The second-order valence-electron chi connectivity index (χ2n) is 2.88. The van der Waals surface area contributed by atoms with Crippen molar-refractivity contribution in [2.24, 2.45) is 0 Å². The maximum absolute atomic E-state index is 13.0. The lowest BCUT2D eigenvalue weighted by Gasteiger charge is -1.99. The molecule has 0 atom stereocenters. The van der Waals surface area contributed by atoms with E-state index >= 15 is 0 Å². The second kappa shape index (κ2) is 4.50. The van der Waals surface area contributed by atoms with Crippen LogP contribution >= 0.6 is 0 Å². The van der Waals surface area contributed by atoms with Crippen molar-refractivity contribution in [3.05, 3.63) is 35.6 Å². The molecule has 0 saturated heterocycles. The number of hydrogen-bond acceptors (Lipinski definition) is 2. The third-order valence-corrected chi connectivity index (χ3v) is 1.69. The number of benzene rings is 1. The number of carboxylic acid groups (broad SMARTS) is 1. The van der Waals surface area contributed by atoms with Crippen LogP contribution < -0.4 is 0 Å². The van der Waals surface area contributed by atoms with Crippen LogP contribution in [0.25, 0.3) is 0 Å². The SMILES string of the molecule is O=C(O)CC(=O)Cc1ccccc1F. The summed E-state index contributed by atoms with van der Waals surface area (Å²) in [4.78, 5) is 21.2. The lowest BCUT2D eigenvalue weighted by atomic mass is 10.1. The Bertz CT molecular complexity index is 360. The van der Waals surface area contributed by atoms with E-state index in [9.17, 15) is 14.0 Å². The highest BCUT2D eigenvalue weighted by molar-refractivity contribution is 5.95. The normalized spacial score (nSPS) is 9.79. The Labute approximate surface area is 80.2 Å². The maximum Gasteiger partial charge on any atom is 0.310 e. The first kappa shape index (κ1) is 10.4. The Balaban J connectivity index is 2.65. The smallest absolute Gasteiger partial charge is 0.310 e. The summed E-state index contributed by atoms with van der Waals surface area (Å²) in [6, 6.07) is 5.82. The molecule has 1 aromatic rings. The molecule has 1 N–H and O–H groups in total. The van der Waals surface area contributed by atoms with Gasteiger partial charge in [-0.1, -0.05) is 18.2 Å². The number of ketones is 1. The molecule has 74 valence electrons. The molecular formula is C10H9FO3. The Morgan fingerprint density at radius 2 is 1.93 bits per heavy atom. The first-order valence-electron chi connectivity index (χ1n) is 4.06. The van der Waals surface area contributed by atoms with Gasteiger partial charge in [0.25, 0.3) is 0 Å². The number of halogens is 1. The maximum atomic E-state index is 13.0. The van der Waals surface area contributed by atoms with Crippen molar-refractivity contribution in [1.82, 2.24) is 0 Å². The van der Waals surface area contributed by atoms with Crippen LogP contribution in [0.3, 0.4) is 0 Å². The fourth-order valence-electron chi connectivity index (χ4n) is 1.09. The zero-order valence-electron chi connectivity index (χ0n) is 7.37. The Morgan fingerprint density at radius 3 is 2.50 bits per heavy atom. The van der Waals surface area contributed by atoms with E-state index < -0.39 is 24.0 Å². The standard InChI is InChI=1S/C10H9FO3/c11-9-4-2-1-3-7(9)5-8(12)6-10(13)14/h1-4H,5-6H2,(H,13,14). The summed E-state index contributed by atoms with van der Waals surface area (Å²) in [7, 11) is 0. The summed E-state index contributed by atoms with van der Waals surface area (Å²) < 4.78 is 13.0. The first-order valence-corrected chi connectivity index (χ1v) is 4.06. The van der Waals surface area contributed by atoms with Crippen LogP contribution in [0.15, 0.2) is 24.3 Å². The number of hydrogen-bond donors (Lipinski definition) is 1. The largest absolute Gasteiger partial charge is 0.481 e. The molecule has 0 saturated carbocycles. The fourth-order valence-corrected chi connectivity index (χ4v) is 1.09. The molecule has 1 rings (SSSR count). The van der Waals surface area contributed by atoms with Gasteiger partial charge in [-0.05, 0) is 11.6 Å². The summed E-state index contributed by atoms with van der Waals surface area (Å²) in [6.45, 7) is 0. The van der Waals surface area contributed by atoms with Crippen LogP contribution in [0.1, 0.15) is 12.0 Å². The molecule has 3 nitrogen and oxygen atoms in total. The number of rotatable bonds is 4. The summed E-state index contributed by atoms with van der Waals surface area (Å²) >= 11 is 0. The van der Waals surface area contributed by atoms with Crippen molar-refractivity contribution < 1.29 is 19.1 Å². The zero-order valence-corrected chi connectivity index (χ0v) is 7.37. The van der Waals surface area contributed by atoms with Crippen LogP contribution in [0.4, 0.5) is 4.39 Å². The topological polar surface area (TPSA) is 54.4 Å². The van der Waals surface area contributed by atoms with Crippen LogP contribution in [-0.2, 0) is 16.0 Å². The summed E-state index contributed by atoms with van der Waals surface area (Å²) in [5.74, 6) is -2.17. The van der Waals surface area contributed by atoms with E-state index in [1.165, 1.54) is 18.2 Å². The summed E-state index contributed by atoms with van der Waals surface area (Å²) in [5.41, 5.74) is 0.235. The Hall–Kier alpha value is -1.71. The Morgan fingerprint density at radius 1 is 1.29 bits per heavy atom. The van der Waals surface area contributed by atoms with Gasteiger partial charge in [0.1, 0.15) is 18.0 Å². The van der Waals surface area contributed by atoms with E-state index in [4.69, 9.17) is 5.11 Å². The summed E-state index contributed by atoms with van der Waals surface area (Å²) in [5, 5.41) is 8.32. The van der Waals surface area contributed by atoms with Gasteiger partial charge in [0.05, 0.1) is 0 Å². The van der Waals surface area contributed by atoms with Crippen molar-refractivity contribution in [2.75, 3.05) is 0 Å². The molecule has 14 heavy (non-hydrogen) atoms. The van der Waals surface area contributed by atoms with Gasteiger partial charge in [-0.2, -0.15) is 0 Å². The van der Waals surface area contributed by atoms with E-state index in [-0.39, 0.29) is 12.0 Å². The van der Waals surface area contributed by atoms with Crippen molar-refractivity contribution >= 4 is 11.8 Å². The predicted octanol–water partition coefficient (Wildman–Crippen LogP) is 1.41. The van der Waals surface area contributed by atoms with Gasteiger partial charge in [0, 0.05) is 6.42 Å². The number of aliphatic carboxylic acids is 1. The highest BCUT2D eigenvalue weighted by atomic mass is 19.1. The molecule has 4 heteroatoms. The van der Waals surface area contributed by atoms with Gasteiger partial charge < -0.3 is 5.11 Å². The second-order valence-corrected chi connectivity index (χ2v) is 2.88. The van der Waals surface area contributed by atoms with Crippen LogP contribution in [0.2, 0.25) is 0 Å². The number of carbonyl (C=O) groups excluding carboxylic acids is 1. The van der Waals surface area contributed by atoms with Gasteiger partial charge in [0.2, 0.25) is 0 Å². The van der Waals surface area contributed by atoms with E-state index in [1.807, 2.05) is 0 Å². The van der Waals surface area contributed by atoms with E-state index in [0.29, 0.717) is 0 Å². The quantitative estimate of drug-likeness (QED) is 0.741. The lowest BCUT2D eigenvalue weighted by Crippen LogP contribution is -2.10. The first-order chi connectivity index (χ1) is 6.59. The van der Waals surface area contributed by atoms with E-state index in [2.05, 4.69) is 0 Å². The molecule has 0 radical (unpaired) electrons. The summed E-state index contributed by atoms with van der Waals surface area (Å²) in [6.07, 6.45) is -0.729. The van der Waals surface area contributed by atoms with Crippen molar-refractivity contribution in [3.63, 3.8) is 0 Å². The molecule has 0 aromatic heterocycles. The van der Waals surface area contributed by atoms with Crippen molar-refractivity contribution in [1.29, 1.82) is 0 Å². The lowest BCUT2D eigenvalue weighted by molar-refractivity contribution is -0.140. The molecular weight excluding hydrogens is 187 g/mol. The molecule has 0 unspecified atom stereocenters. The van der Waals surface area contributed by atoms with Crippen molar-refractivity contribution in [3.8, 4) is 0 Å². The average molecular weight is 196 g/mol. The molecule has 0 spiro atoms. The van der Waals surface area contributed by atoms with Gasteiger partial charge in [-0.3, -0.25) is 9.59 Å². The minimum atomic E-state index is -1.19. The highest BCUT2D eigenvalue weighted by Crippen LogP contribution is 2.08. The zero-order chi connectivity index (χ0) is 10.6. The molecule has 0 aliphatic heterocycles. The average Bonchev–Trinajstić information content (AvgIpc) is 2.07. The number of Topliss-reactive ketones (excluding diaryl/α,β-unsaturated/α-hetero) is 1. The van der Waals surface area contributed by atoms with Gasteiger partial charge >= 0.3 is 5.97 Å². The third-order valence-electron chi connectivity index (χ3n) is 1.69. The molecule has 0 amide bonds. The van der Waals surface area contributed by atoms with Crippen LogP contribution in [-0.4, -0.2) is 16.9 Å². The van der Waals surface area contributed by atoms with Gasteiger partial charge in [-0.25, -0.2) is 4.39 Å². The van der Waals surface area contributed by atoms with Gasteiger partial charge in [0.15, 0.2) is 0 Å². The molecule has 0 aliphatic carbocycles. The molecule has 0 heterocycles. The minimum Gasteiger partial charge on any atom is -0.481 e. The number of carbonyl (C=O) groups is 2. The number of carboxylic acids is 1. The molecule has 0 bridgehead atoms. The molecule has 0 aliphatic rings. The Kier molecular flexibility index (Phi) is 3.34. The fraction of sp³-hybridized carbons (Fsp3) is 0.200. The minimum absolute atomic E-state index is 0.168. The highest BCUT2D eigenvalue weighted by Gasteiger charge is 2.10. The van der Waals surface area contributed by atoms with Gasteiger partial charge in [-0.15, -0.1) is 0 Å². The van der Waals surface area contributed by atoms with Crippen LogP contribution in [0, 0.1) is 5.82 Å². The predicted molar refractivity (Wildman–Crippen MR) is 47.4 cm³/mol. The van der Waals surface area contributed by atoms with Crippen LogP contribution in [0.5, 0.6) is 0 Å². The van der Waals surface area contributed by atoms with E-state index in [1.54, 1.807) is 6.07 Å². The van der Waals surface area contributed by atoms with Crippen molar-refractivity contribution in [2.45, 2.75) is 12.8 Å².